The molecule has 2 atom stereocenters. The highest BCUT2D eigenvalue weighted by atomic mass is 32.2. The summed E-state index contributed by atoms with van der Waals surface area (Å²) >= 11 is 1.88. The maximum atomic E-state index is 11.6. The van der Waals surface area contributed by atoms with Gasteiger partial charge in [0.05, 0.1) is 11.5 Å². The Kier molecular flexibility index (Phi) is 3.33. The van der Waals surface area contributed by atoms with Crippen LogP contribution in [0.3, 0.4) is 0 Å². The Labute approximate surface area is 96.1 Å². The van der Waals surface area contributed by atoms with E-state index in [4.69, 9.17) is 5.73 Å². The van der Waals surface area contributed by atoms with Crippen molar-refractivity contribution in [3.63, 3.8) is 0 Å². The second-order valence-electron chi connectivity index (χ2n) is 4.84. The number of nitrogens with two attached hydrogens (primary N) is 1. The van der Waals surface area contributed by atoms with E-state index in [1.807, 2.05) is 11.8 Å². The normalized spacial score (nSPS) is 39.7. The molecule has 2 heterocycles. The third-order valence-electron chi connectivity index (χ3n) is 3.43. The quantitative estimate of drug-likeness (QED) is 0.794. The van der Waals surface area contributed by atoms with Crippen molar-refractivity contribution in [3.8, 4) is 0 Å². The zero-order valence-corrected chi connectivity index (χ0v) is 10.6. The Hall–Kier alpha value is 0.260. The van der Waals surface area contributed by atoms with Crippen LogP contribution in [0, 0.1) is 5.92 Å². The monoisotopic (exact) mass is 249 g/mol. The summed E-state index contributed by atoms with van der Waals surface area (Å²) in [6.45, 7) is 0.730. The van der Waals surface area contributed by atoms with E-state index in [0.717, 1.165) is 38.0 Å². The zero-order valence-electron chi connectivity index (χ0n) is 8.94. The summed E-state index contributed by atoms with van der Waals surface area (Å²) in [6, 6.07) is 0. The Balaban J connectivity index is 2.03. The van der Waals surface area contributed by atoms with Gasteiger partial charge in [0.15, 0.2) is 9.84 Å². The van der Waals surface area contributed by atoms with Gasteiger partial charge in [-0.05, 0) is 43.9 Å². The minimum Gasteiger partial charge on any atom is -0.330 e. The predicted octanol–water partition coefficient (Wildman–Crippen LogP) is 1.04. The molecule has 15 heavy (non-hydrogen) atoms. The molecule has 2 fully saturated rings. The van der Waals surface area contributed by atoms with Gasteiger partial charge in [0.1, 0.15) is 0 Å². The molecule has 2 unspecified atom stereocenters. The van der Waals surface area contributed by atoms with E-state index in [2.05, 4.69) is 0 Å². The fraction of sp³-hybridized carbons (Fsp3) is 1.00. The highest BCUT2D eigenvalue weighted by Crippen LogP contribution is 2.48. The molecule has 0 radical (unpaired) electrons. The van der Waals surface area contributed by atoms with E-state index in [9.17, 15) is 8.42 Å². The van der Waals surface area contributed by atoms with Gasteiger partial charge in [-0.1, -0.05) is 0 Å². The first-order valence-corrected chi connectivity index (χ1v) is 8.40. The zero-order chi connectivity index (χ0) is 10.9. The van der Waals surface area contributed by atoms with Gasteiger partial charge in [0.2, 0.25) is 0 Å². The number of hydrogen-bond acceptors (Lipinski definition) is 4. The van der Waals surface area contributed by atoms with Crippen molar-refractivity contribution in [2.24, 2.45) is 11.7 Å². The molecule has 3 nitrogen and oxygen atoms in total. The summed E-state index contributed by atoms with van der Waals surface area (Å²) in [6.07, 6.45) is 4.05. The van der Waals surface area contributed by atoms with Gasteiger partial charge < -0.3 is 5.73 Å². The lowest BCUT2D eigenvalue weighted by molar-refractivity contribution is 0.431. The van der Waals surface area contributed by atoms with E-state index in [0.29, 0.717) is 17.4 Å². The van der Waals surface area contributed by atoms with E-state index in [1.165, 1.54) is 0 Å². The van der Waals surface area contributed by atoms with Crippen LogP contribution < -0.4 is 5.73 Å². The number of thioether (sulfide) groups is 1. The molecular formula is C10H19NO2S2. The van der Waals surface area contributed by atoms with Crippen LogP contribution in [-0.2, 0) is 9.84 Å². The summed E-state index contributed by atoms with van der Waals surface area (Å²) in [4.78, 5) is 0. The van der Waals surface area contributed by atoms with E-state index in [1.54, 1.807) is 0 Å². The average Bonchev–Trinajstić information content (AvgIpc) is 2.47. The largest absolute Gasteiger partial charge is 0.330 e. The maximum absolute atomic E-state index is 11.6. The first kappa shape index (κ1) is 11.7. The molecule has 0 aromatic carbocycles. The molecule has 0 aromatic rings. The third-order valence-corrected chi connectivity index (χ3v) is 7.28. The Morgan fingerprint density at radius 1 is 1.47 bits per heavy atom. The molecule has 0 aromatic heterocycles. The molecule has 2 rings (SSSR count). The van der Waals surface area contributed by atoms with Gasteiger partial charge in [0.25, 0.3) is 0 Å². The van der Waals surface area contributed by atoms with Crippen LogP contribution in [0.15, 0.2) is 0 Å². The van der Waals surface area contributed by atoms with Gasteiger partial charge >= 0.3 is 0 Å². The van der Waals surface area contributed by atoms with Crippen molar-refractivity contribution in [3.05, 3.63) is 0 Å². The standard InChI is InChI=1S/C10H19NO2S2/c11-4-2-9-6-10(14-7-9)3-1-5-15(12,13)8-10/h9H,1-8,11H2. The SMILES string of the molecule is NCCC1CSC2(CCCS(=O)(=O)C2)C1. The lowest BCUT2D eigenvalue weighted by Crippen LogP contribution is -2.38. The Morgan fingerprint density at radius 3 is 2.93 bits per heavy atom. The highest BCUT2D eigenvalue weighted by molar-refractivity contribution is 8.02. The molecule has 2 aliphatic rings. The summed E-state index contributed by atoms with van der Waals surface area (Å²) in [5.74, 6) is 2.56. The first-order valence-electron chi connectivity index (χ1n) is 5.60. The van der Waals surface area contributed by atoms with Crippen molar-refractivity contribution in [1.29, 1.82) is 0 Å². The lowest BCUT2D eigenvalue weighted by atomic mass is 9.91. The van der Waals surface area contributed by atoms with Crippen LogP contribution in [0.2, 0.25) is 0 Å². The minimum absolute atomic E-state index is 0.0525. The van der Waals surface area contributed by atoms with Gasteiger partial charge in [0, 0.05) is 4.75 Å². The molecule has 1 spiro atoms. The van der Waals surface area contributed by atoms with Crippen molar-refractivity contribution < 1.29 is 8.42 Å². The second kappa shape index (κ2) is 4.26. The van der Waals surface area contributed by atoms with Gasteiger partial charge in [-0.3, -0.25) is 0 Å². The smallest absolute Gasteiger partial charge is 0.151 e. The molecule has 0 amide bonds. The summed E-state index contributed by atoms with van der Waals surface area (Å²) in [7, 11) is -2.77. The Bertz CT molecular complexity index is 328. The molecule has 88 valence electrons. The minimum atomic E-state index is -2.77. The van der Waals surface area contributed by atoms with E-state index < -0.39 is 9.84 Å². The summed E-state index contributed by atoms with van der Waals surface area (Å²) in [5.41, 5.74) is 5.55. The van der Waals surface area contributed by atoms with Crippen molar-refractivity contribution in [1.82, 2.24) is 0 Å². The van der Waals surface area contributed by atoms with Gasteiger partial charge in [-0.2, -0.15) is 11.8 Å². The van der Waals surface area contributed by atoms with Gasteiger partial charge in [-0.15, -0.1) is 0 Å². The number of hydrogen-bond donors (Lipinski definition) is 1. The molecule has 2 aliphatic heterocycles. The molecule has 5 heteroatoms. The van der Waals surface area contributed by atoms with Crippen LogP contribution in [0.25, 0.3) is 0 Å². The number of rotatable bonds is 2. The molecule has 0 bridgehead atoms. The Morgan fingerprint density at radius 2 is 2.27 bits per heavy atom. The number of sulfone groups is 1. The van der Waals surface area contributed by atoms with Crippen molar-refractivity contribution in [2.75, 3.05) is 23.8 Å². The summed E-state index contributed by atoms with van der Waals surface area (Å²) in [5, 5.41) is 0. The maximum Gasteiger partial charge on any atom is 0.151 e. The van der Waals surface area contributed by atoms with Gasteiger partial charge in [-0.25, -0.2) is 8.42 Å². The molecule has 2 N–H and O–H groups in total. The first-order chi connectivity index (χ1) is 7.05. The van der Waals surface area contributed by atoms with Crippen LogP contribution in [0.5, 0.6) is 0 Å². The average molecular weight is 249 g/mol. The lowest BCUT2D eigenvalue weighted by Gasteiger charge is -2.32. The van der Waals surface area contributed by atoms with E-state index >= 15 is 0 Å². The summed E-state index contributed by atoms with van der Waals surface area (Å²) < 4.78 is 23.3. The van der Waals surface area contributed by atoms with E-state index in [-0.39, 0.29) is 4.75 Å². The third kappa shape index (κ3) is 2.68. The van der Waals surface area contributed by atoms with Crippen LogP contribution in [-0.4, -0.2) is 37.0 Å². The highest BCUT2D eigenvalue weighted by Gasteiger charge is 2.44. The topological polar surface area (TPSA) is 60.2 Å². The van der Waals surface area contributed by atoms with Crippen LogP contribution >= 0.6 is 11.8 Å². The van der Waals surface area contributed by atoms with Crippen molar-refractivity contribution in [2.45, 2.75) is 30.4 Å². The predicted molar refractivity (Wildman–Crippen MR) is 64.9 cm³/mol. The fourth-order valence-electron chi connectivity index (χ4n) is 2.79. The molecular weight excluding hydrogens is 230 g/mol. The van der Waals surface area contributed by atoms with Crippen LogP contribution in [0.1, 0.15) is 25.7 Å². The second-order valence-corrected chi connectivity index (χ2v) is 8.51. The van der Waals surface area contributed by atoms with Crippen molar-refractivity contribution >= 4 is 21.6 Å². The van der Waals surface area contributed by atoms with Crippen LogP contribution in [0.4, 0.5) is 0 Å². The fourth-order valence-corrected chi connectivity index (χ4v) is 6.97. The molecule has 0 saturated carbocycles. The molecule has 2 saturated heterocycles. The molecule has 0 aliphatic carbocycles.